The Kier molecular flexibility index (Phi) is 6.93. The molecule has 0 unspecified atom stereocenters. The molecule has 0 amide bonds. The maximum atomic E-state index is 6.56. The van der Waals surface area contributed by atoms with Crippen molar-refractivity contribution >= 4 is 65.6 Å². The van der Waals surface area contributed by atoms with Crippen LogP contribution in [0, 0.1) is 0 Å². The molecule has 0 aliphatic heterocycles. The van der Waals surface area contributed by atoms with Crippen molar-refractivity contribution in [2.24, 2.45) is 0 Å². The van der Waals surface area contributed by atoms with Gasteiger partial charge in [-0.15, -0.1) is 0 Å². The molecule has 266 valence electrons. The molecule has 0 saturated heterocycles. The van der Waals surface area contributed by atoms with E-state index in [9.17, 15) is 0 Å². The maximum Gasteiger partial charge on any atom is 0.137 e. The molecule has 0 atom stereocenters. The minimum Gasteiger partial charge on any atom is -0.456 e. The largest absolute Gasteiger partial charge is 0.456 e. The number of benzene rings is 9. The van der Waals surface area contributed by atoms with Gasteiger partial charge in [0.1, 0.15) is 11.2 Å². The number of aromatic nitrogens is 2. The highest BCUT2D eigenvalue weighted by atomic mass is 16.3. The van der Waals surface area contributed by atoms with Gasteiger partial charge in [-0.2, -0.15) is 0 Å². The van der Waals surface area contributed by atoms with E-state index in [1.807, 2.05) is 0 Å². The summed E-state index contributed by atoms with van der Waals surface area (Å²) >= 11 is 0. The van der Waals surface area contributed by atoms with Crippen molar-refractivity contribution in [3.63, 3.8) is 0 Å². The van der Waals surface area contributed by atoms with Gasteiger partial charge in [0, 0.05) is 32.6 Å². The Labute approximate surface area is 328 Å². The molecule has 12 rings (SSSR count). The molecule has 9 aromatic carbocycles. The molecule has 0 radical (unpaired) electrons. The summed E-state index contributed by atoms with van der Waals surface area (Å²) in [6.45, 7) is 0. The van der Waals surface area contributed by atoms with Crippen molar-refractivity contribution in [1.29, 1.82) is 0 Å². The quantitative estimate of drug-likeness (QED) is 0.173. The molecule has 0 spiro atoms. The van der Waals surface area contributed by atoms with Crippen molar-refractivity contribution in [3.8, 4) is 44.8 Å². The first-order valence-corrected chi connectivity index (χ1v) is 19.5. The SMILES string of the molecule is c1ccc(-c2ccc(-n3c4ccccc4c4cc(-c5ccc6c(c5)c5ccccc5n6-c5cccc6oc7cc(-c8ccccc8)ccc7c56)ccc43)cc2)cc1. The predicted molar refractivity (Wildman–Crippen MR) is 239 cm³/mol. The van der Waals surface area contributed by atoms with Gasteiger partial charge in [0.2, 0.25) is 0 Å². The lowest BCUT2D eigenvalue weighted by atomic mass is 10.0. The molecule has 12 aromatic rings. The van der Waals surface area contributed by atoms with Gasteiger partial charge in [-0.1, -0.05) is 133 Å². The van der Waals surface area contributed by atoms with E-state index >= 15 is 0 Å². The van der Waals surface area contributed by atoms with Gasteiger partial charge >= 0.3 is 0 Å². The van der Waals surface area contributed by atoms with Crippen LogP contribution in [-0.4, -0.2) is 9.13 Å². The first kappa shape index (κ1) is 31.7. The number of para-hydroxylation sites is 2. The Morgan fingerprint density at radius 2 is 0.772 bits per heavy atom. The Bertz CT molecular complexity index is 3490. The van der Waals surface area contributed by atoms with Gasteiger partial charge < -0.3 is 13.6 Å². The number of fused-ring (bicyclic) bond motifs is 9. The fourth-order valence-corrected chi connectivity index (χ4v) is 9.08. The normalized spacial score (nSPS) is 11.9. The summed E-state index contributed by atoms with van der Waals surface area (Å²) in [5, 5.41) is 7.17. The fourth-order valence-electron chi connectivity index (χ4n) is 9.08. The van der Waals surface area contributed by atoms with Crippen LogP contribution in [0.1, 0.15) is 0 Å². The molecule has 3 nitrogen and oxygen atoms in total. The van der Waals surface area contributed by atoms with Crippen molar-refractivity contribution in [3.05, 3.63) is 206 Å². The van der Waals surface area contributed by atoms with Crippen LogP contribution >= 0.6 is 0 Å². The number of hydrogen-bond acceptors (Lipinski definition) is 1. The first-order chi connectivity index (χ1) is 28.3. The van der Waals surface area contributed by atoms with Gasteiger partial charge in [0.25, 0.3) is 0 Å². The number of rotatable bonds is 5. The summed E-state index contributed by atoms with van der Waals surface area (Å²) in [6.07, 6.45) is 0. The van der Waals surface area contributed by atoms with Crippen LogP contribution in [0.3, 0.4) is 0 Å². The average Bonchev–Trinajstić information content (AvgIpc) is 3.94. The van der Waals surface area contributed by atoms with Crippen LogP contribution in [0.4, 0.5) is 0 Å². The number of hydrogen-bond donors (Lipinski definition) is 0. The molecule has 0 saturated carbocycles. The van der Waals surface area contributed by atoms with E-state index in [4.69, 9.17) is 4.42 Å². The Morgan fingerprint density at radius 1 is 0.281 bits per heavy atom. The summed E-state index contributed by atoms with van der Waals surface area (Å²) in [5.41, 5.74) is 15.9. The smallest absolute Gasteiger partial charge is 0.137 e. The number of nitrogens with zero attached hydrogens (tertiary/aromatic N) is 2. The minimum atomic E-state index is 0.884. The molecule has 57 heavy (non-hydrogen) atoms. The average molecular weight is 727 g/mol. The molecule has 3 heteroatoms. The highest BCUT2D eigenvalue weighted by Gasteiger charge is 2.19. The summed E-state index contributed by atoms with van der Waals surface area (Å²) in [7, 11) is 0. The molecular weight excluding hydrogens is 693 g/mol. The van der Waals surface area contributed by atoms with E-state index < -0.39 is 0 Å². The van der Waals surface area contributed by atoms with E-state index in [-0.39, 0.29) is 0 Å². The van der Waals surface area contributed by atoms with E-state index in [0.717, 1.165) is 38.9 Å². The van der Waals surface area contributed by atoms with E-state index in [1.54, 1.807) is 0 Å². The second-order valence-corrected chi connectivity index (χ2v) is 14.9. The molecule has 0 fully saturated rings. The first-order valence-electron chi connectivity index (χ1n) is 19.5. The van der Waals surface area contributed by atoms with E-state index in [0.29, 0.717) is 0 Å². The Balaban J connectivity index is 0.998. The second-order valence-electron chi connectivity index (χ2n) is 14.9. The van der Waals surface area contributed by atoms with Crippen molar-refractivity contribution in [2.45, 2.75) is 0 Å². The second kappa shape index (κ2) is 12.5. The van der Waals surface area contributed by atoms with Gasteiger partial charge in [-0.05, 0) is 106 Å². The lowest BCUT2D eigenvalue weighted by Gasteiger charge is -2.11. The maximum absolute atomic E-state index is 6.56. The van der Waals surface area contributed by atoms with Crippen molar-refractivity contribution in [2.75, 3.05) is 0 Å². The highest BCUT2D eigenvalue weighted by molar-refractivity contribution is 6.16. The van der Waals surface area contributed by atoms with Crippen LogP contribution in [0.15, 0.2) is 211 Å². The van der Waals surface area contributed by atoms with E-state index in [2.05, 4.69) is 215 Å². The molecule has 0 aliphatic carbocycles. The standard InChI is InChI=1S/C54H34N2O/c1-3-12-35(13-4-1)37-22-27-41(28-23-37)55-47-18-9-7-16-42(47)45-32-38(25-30-49(45)55)39-26-31-50-46(33-39)43-17-8-10-19-48(43)56(50)51-20-11-21-52-54(51)44-29-24-40(34-53(44)57-52)36-14-5-2-6-15-36/h1-34H. The van der Waals surface area contributed by atoms with E-state index in [1.165, 1.54) is 71.4 Å². The van der Waals surface area contributed by atoms with Crippen LogP contribution < -0.4 is 0 Å². The third-order valence-electron chi connectivity index (χ3n) is 11.7. The highest BCUT2D eigenvalue weighted by Crippen LogP contribution is 2.42. The van der Waals surface area contributed by atoms with Crippen LogP contribution in [-0.2, 0) is 0 Å². The van der Waals surface area contributed by atoms with Crippen molar-refractivity contribution in [1.82, 2.24) is 9.13 Å². The lowest BCUT2D eigenvalue weighted by Crippen LogP contribution is -1.94. The summed E-state index contributed by atoms with van der Waals surface area (Å²) in [4.78, 5) is 0. The zero-order valence-corrected chi connectivity index (χ0v) is 30.9. The zero-order chi connectivity index (χ0) is 37.5. The summed E-state index contributed by atoms with van der Waals surface area (Å²) in [5.74, 6) is 0. The zero-order valence-electron chi connectivity index (χ0n) is 30.9. The summed E-state index contributed by atoms with van der Waals surface area (Å²) in [6, 6.07) is 74.4. The van der Waals surface area contributed by atoms with Crippen LogP contribution in [0.2, 0.25) is 0 Å². The molecule has 3 heterocycles. The van der Waals surface area contributed by atoms with Crippen LogP contribution in [0.25, 0.3) is 110 Å². The molecule has 0 bridgehead atoms. The predicted octanol–water partition coefficient (Wildman–Crippen LogP) is 14.8. The van der Waals surface area contributed by atoms with Gasteiger partial charge in [0.15, 0.2) is 0 Å². The molecule has 0 N–H and O–H groups in total. The van der Waals surface area contributed by atoms with Gasteiger partial charge in [-0.25, -0.2) is 0 Å². The molecule has 0 aliphatic rings. The fraction of sp³-hybridized carbons (Fsp3) is 0. The van der Waals surface area contributed by atoms with Crippen LogP contribution in [0.5, 0.6) is 0 Å². The monoisotopic (exact) mass is 726 g/mol. The topological polar surface area (TPSA) is 23.0 Å². The third kappa shape index (κ3) is 4.92. The van der Waals surface area contributed by atoms with Gasteiger partial charge in [-0.3, -0.25) is 0 Å². The minimum absolute atomic E-state index is 0.884. The molecular formula is C54H34N2O. The third-order valence-corrected chi connectivity index (χ3v) is 11.7. The number of furan rings is 1. The van der Waals surface area contributed by atoms with Crippen molar-refractivity contribution < 1.29 is 4.42 Å². The summed E-state index contributed by atoms with van der Waals surface area (Å²) < 4.78 is 11.4. The Morgan fingerprint density at radius 3 is 1.44 bits per heavy atom. The lowest BCUT2D eigenvalue weighted by molar-refractivity contribution is 0.669. The molecule has 3 aromatic heterocycles. The Hall–Kier alpha value is -7.62. The van der Waals surface area contributed by atoms with Gasteiger partial charge in [0.05, 0.1) is 33.1 Å².